The topological polar surface area (TPSA) is 20.8 Å². The number of aromatic nitrogens is 2. The maximum atomic E-state index is 13.6. The minimum absolute atomic E-state index is 0.262. The number of hydrogen-bond donors (Lipinski definition) is 1. The van der Waals surface area contributed by atoms with E-state index in [0.717, 1.165) is 22.6 Å². The SMILES string of the molecule is Cn1cc[n+](C)c1C(/C=[C]\c1ccccc1)(Nc1ccc(F)cc1)c1ccccc1. The number of aryl methyl sites for hydroxylation is 2. The molecule has 1 atom stereocenters. The summed E-state index contributed by atoms with van der Waals surface area (Å²) in [6, 6.07) is 26.7. The molecule has 0 fully saturated rings. The Morgan fingerprint density at radius 1 is 0.933 bits per heavy atom. The molecule has 1 aromatic heterocycles. The molecule has 0 aliphatic heterocycles. The largest absolute Gasteiger partial charge is 0.362 e. The Bertz CT molecular complexity index is 1110. The summed E-state index contributed by atoms with van der Waals surface area (Å²) in [7, 11) is 4.05. The predicted molar refractivity (Wildman–Crippen MR) is 117 cm³/mol. The van der Waals surface area contributed by atoms with Crippen molar-refractivity contribution in [2.45, 2.75) is 5.54 Å². The molecule has 4 rings (SSSR count). The average molecular weight is 397 g/mol. The first kappa shape index (κ1) is 19.6. The summed E-state index contributed by atoms with van der Waals surface area (Å²) in [5.41, 5.74) is 2.11. The summed E-state index contributed by atoms with van der Waals surface area (Å²) in [6.45, 7) is 0. The van der Waals surface area contributed by atoms with E-state index in [1.165, 1.54) is 12.1 Å². The average Bonchev–Trinajstić information content (AvgIpc) is 3.12. The van der Waals surface area contributed by atoms with E-state index < -0.39 is 5.54 Å². The first-order valence-corrected chi connectivity index (χ1v) is 9.85. The van der Waals surface area contributed by atoms with Gasteiger partial charge in [0.1, 0.15) is 18.2 Å². The zero-order chi connectivity index (χ0) is 21.0. The highest BCUT2D eigenvalue weighted by Crippen LogP contribution is 2.34. The van der Waals surface area contributed by atoms with E-state index in [0.29, 0.717) is 0 Å². The van der Waals surface area contributed by atoms with Crippen molar-refractivity contribution in [2.24, 2.45) is 14.1 Å². The third-order valence-corrected chi connectivity index (χ3v) is 5.18. The molecule has 4 aromatic rings. The van der Waals surface area contributed by atoms with Crippen LogP contribution in [-0.2, 0) is 19.6 Å². The molecule has 1 N–H and O–H groups in total. The van der Waals surface area contributed by atoms with Crippen molar-refractivity contribution >= 4 is 5.69 Å². The van der Waals surface area contributed by atoms with Crippen molar-refractivity contribution in [1.29, 1.82) is 0 Å². The van der Waals surface area contributed by atoms with Gasteiger partial charge >= 0.3 is 0 Å². The predicted octanol–water partition coefficient (Wildman–Crippen LogP) is 4.75. The van der Waals surface area contributed by atoms with E-state index in [1.54, 1.807) is 12.1 Å². The number of anilines is 1. The Morgan fingerprint density at radius 2 is 1.57 bits per heavy atom. The van der Waals surface area contributed by atoms with Crippen molar-refractivity contribution in [3.63, 3.8) is 0 Å². The van der Waals surface area contributed by atoms with E-state index in [9.17, 15) is 4.39 Å². The van der Waals surface area contributed by atoms with Gasteiger partial charge in [0.25, 0.3) is 5.82 Å². The van der Waals surface area contributed by atoms with Crippen molar-refractivity contribution in [3.8, 4) is 0 Å². The molecular formula is C26H24FN3+. The molecule has 0 amide bonds. The number of halogens is 1. The standard InChI is InChI=1S/C26H24FN3/c1-29-19-20-30(2)25(29)26(22-11-7-4-8-12-22,18-17-21-9-5-3-6-10-21)28-24-15-13-23(27)14-16-24/h3-16,18-20,28H,1-2H3/q+1. The third kappa shape index (κ3) is 3.90. The summed E-state index contributed by atoms with van der Waals surface area (Å²) < 4.78 is 17.7. The molecule has 0 saturated heterocycles. The second-order valence-electron chi connectivity index (χ2n) is 7.30. The fourth-order valence-corrected chi connectivity index (χ4v) is 3.78. The van der Waals surface area contributed by atoms with Crippen LogP contribution in [0.15, 0.2) is 103 Å². The van der Waals surface area contributed by atoms with Crippen LogP contribution >= 0.6 is 0 Å². The van der Waals surface area contributed by atoms with E-state index in [2.05, 4.69) is 38.7 Å². The first-order valence-electron chi connectivity index (χ1n) is 9.85. The van der Waals surface area contributed by atoms with Crippen LogP contribution < -0.4 is 9.88 Å². The van der Waals surface area contributed by atoms with E-state index in [-0.39, 0.29) is 5.82 Å². The molecule has 0 aliphatic rings. The fourth-order valence-electron chi connectivity index (χ4n) is 3.78. The number of nitrogens with one attached hydrogen (secondary N) is 1. The number of nitrogens with zero attached hydrogens (tertiary/aromatic N) is 2. The Kier molecular flexibility index (Phi) is 5.48. The van der Waals surface area contributed by atoms with Crippen LogP contribution in [0.5, 0.6) is 0 Å². The van der Waals surface area contributed by atoms with Gasteiger partial charge in [-0.2, -0.15) is 0 Å². The van der Waals surface area contributed by atoms with Gasteiger partial charge in [-0.3, -0.25) is 0 Å². The molecular weight excluding hydrogens is 373 g/mol. The summed E-state index contributed by atoms with van der Waals surface area (Å²) in [4.78, 5) is 0. The zero-order valence-corrected chi connectivity index (χ0v) is 17.1. The van der Waals surface area contributed by atoms with Gasteiger partial charge in [0.05, 0.1) is 14.1 Å². The van der Waals surface area contributed by atoms with Gasteiger partial charge in [-0.15, -0.1) is 0 Å². The lowest BCUT2D eigenvalue weighted by molar-refractivity contribution is -0.681. The second kappa shape index (κ2) is 8.37. The minimum atomic E-state index is -0.734. The Hall–Kier alpha value is -3.66. The van der Waals surface area contributed by atoms with Gasteiger partial charge in [0, 0.05) is 5.69 Å². The molecule has 1 heterocycles. The normalized spacial score (nSPS) is 13.3. The molecule has 1 radical (unpaired) electrons. The molecule has 0 saturated carbocycles. The summed E-state index contributed by atoms with van der Waals surface area (Å²) >= 11 is 0. The highest BCUT2D eigenvalue weighted by Gasteiger charge is 2.41. The van der Waals surface area contributed by atoms with Crippen LogP contribution in [0.4, 0.5) is 10.1 Å². The number of imidazole rings is 1. The Balaban J connectivity index is 1.94. The van der Waals surface area contributed by atoms with Crippen molar-refractivity contribution < 1.29 is 8.96 Å². The van der Waals surface area contributed by atoms with Crippen LogP contribution in [-0.4, -0.2) is 4.57 Å². The van der Waals surface area contributed by atoms with E-state index in [1.807, 2.05) is 75.0 Å². The van der Waals surface area contributed by atoms with Crippen molar-refractivity contribution in [3.05, 3.63) is 132 Å². The van der Waals surface area contributed by atoms with Crippen LogP contribution in [0.1, 0.15) is 17.0 Å². The third-order valence-electron chi connectivity index (χ3n) is 5.18. The van der Waals surface area contributed by atoms with Crippen LogP contribution in [0, 0.1) is 11.9 Å². The van der Waals surface area contributed by atoms with Crippen molar-refractivity contribution in [1.82, 2.24) is 4.57 Å². The molecule has 0 spiro atoms. The molecule has 4 heteroatoms. The molecule has 3 nitrogen and oxygen atoms in total. The number of benzene rings is 3. The highest BCUT2D eigenvalue weighted by molar-refractivity contribution is 5.54. The van der Waals surface area contributed by atoms with Gasteiger partial charge < -0.3 is 5.32 Å². The van der Waals surface area contributed by atoms with Gasteiger partial charge in [-0.1, -0.05) is 60.7 Å². The Morgan fingerprint density at radius 3 is 2.17 bits per heavy atom. The van der Waals surface area contributed by atoms with Gasteiger partial charge in [-0.05, 0) is 47.5 Å². The first-order chi connectivity index (χ1) is 14.6. The molecule has 0 aliphatic carbocycles. The molecule has 30 heavy (non-hydrogen) atoms. The summed E-state index contributed by atoms with van der Waals surface area (Å²) in [6.07, 6.45) is 9.57. The summed E-state index contributed by atoms with van der Waals surface area (Å²) in [5.74, 6) is 0.753. The fraction of sp³-hybridized carbons (Fsp3) is 0.115. The van der Waals surface area contributed by atoms with Crippen molar-refractivity contribution in [2.75, 3.05) is 5.32 Å². The number of rotatable bonds is 6. The highest BCUT2D eigenvalue weighted by atomic mass is 19.1. The van der Waals surface area contributed by atoms with E-state index in [4.69, 9.17) is 0 Å². The zero-order valence-electron chi connectivity index (χ0n) is 17.1. The molecule has 149 valence electrons. The maximum Gasteiger partial charge on any atom is 0.291 e. The maximum absolute atomic E-state index is 13.6. The molecule has 0 bridgehead atoms. The van der Waals surface area contributed by atoms with Crippen LogP contribution in [0.3, 0.4) is 0 Å². The minimum Gasteiger partial charge on any atom is -0.362 e. The van der Waals surface area contributed by atoms with Gasteiger partial charge in [0.15, 0.2) is 5.54 Å². The number of hydrogen-bond acceptors (Lipinski definition) is 1. The quantitative estimate of drug-likeness (QED) is 0.466. The van der Waals surface area contributed by atoms with Crippen LogP contribution in [0.25, 0.3) is 0 Å². The summed E-state index contributed by atoms with van der Waals surface area (Å²) in [5, 5.41) is 3.66. The lowest BCUT2D eigenvalue weighted by atomic mass is 9.86. The van der Waals surface area contributed by atoms with Gasteiger partial charge in [-0.25, -0.2) is 13.5 Å². The Labute approximate surface area is 176 Å². The second-order valence-corrected chi connectivity index (χ2v) is 7.30. The van der Waals surface area contributed by atoms with Gasteiger partial charge in [0.2, 0.25) is 0 Å². The van der Waals surface area contributed by atoms with E-state index >= 15 is 0 Å². The van der Waals surface area contributed by atoms with Crippen LogP contribution in [0.2, 0.25) is 0 Å². The smallest absolute Gasteiger partial charge is 0.291 e. The lowest BCUT2D eigenvalue weighted by Gasteiger charge is -2.30. The monoisotopic (exact) mass is 397 g/mol. The molecule has 1 unspecified atom stereocenters. The lowest BCUT2D eigenvalue weighted by Crippen LogP contribution is -2.47. The molecule has 3 aromatic carbocycles.